The van der Waals surface area contributed by atoms with Crippen LogP contribution in [-0.2, 0) is 0 Å². The third-order valence-corrected chi connectivity index (χ3v) is 24.3. The minimum Gasteiger partial charge on any atom is -0.309 e. The fourth-order valence-electron chi connectivity index (χ4n) is 12.8. The zero-order chi connectivity index (χ0) is 56.3. The molecule has 85 heavy (non-hydrogen) atoms. The van der Waals surface area contributed by atoms with Crippen LogP contribution in [0.4, 0.5) is 0 Å². The Kier molecular flexibility index (Phi) is 12.3. The molecule has 0 radical (unpaired) electrons. The van der Waals surface area contributed by atoms with Crippen LogP contribution in [0, 0.1) is 0 Å². The summed E-state index contributed by atoms with van der Waals surface area (Å²) in [5, 5.41) is 2.44. The third kappa shape index (κ3) is 8.09. The lowest BCUT2D eigenvalue weighted by Gasteiger charge is -2.42. The van der Waals surface area contributed by atoms with Crippen LogP contribution in [0.5, 0.6) is 0 Å². The Labute approximate surface area is 495 Å². The van der Waals surface area contributed by atoms with Crippen molar-refractivity contribution in [1.82, 2.24) is 28.5 Å². The average molecular weight is 1130 g/mol. The van der Waals surface area contributed by atoms with E-state index >= 15 is 0 Å². The normalized spacial score (nSPS) is 12.4. The predicted octanol–water partition coefficient (Wildman–Crippen LogP) is 20.3. The zero-order valence-electron chi connectivity index (χ0n) is 46.2. The maximum atomic E-state index is 5.73. The van der Waals surface area contributed by atoms with Crippen molar-refractivity contribution in [2.24, 2.45) is 0 Å². The largest absolute Gasteiger partial charge is 0.309 e. The van der Waals surface area contributed by atoms with Crippen LogP contribution < -0.4 is 0 Å². The van der Waals surface area contributed by atoms with Gasteiger partial charge in [-0.1, -0.05) is 182 Å². The van der Waals surface area contributed by atoms with Crippen LogP contribution in [0.2, 0.25) is 0 Å². The second-order valence-corrected chi connectivity index (χ2v) is 27.4. The van der Waals surface area contributed by atoms with Gasteiger partial charge in [-0.05, 0) is 146 Å². The van der Waals surface area contributed by atoms with Gasteiger partial charge in [-0.15, -0.1) is 20.1 Å². The molecule has 0 aliphatic rings. The second-order valence-electron chi connectivity index (χ2n) is 21.2. The number of hydrogen-bond donors (Lipinski definition) is 0. The lowest BCUT2D eigenvalue weighted by molar-refractivity contribution is 0.971. The molecule has 4 heterocycles. The summed E-state index contributed by atoms with van der Waals surface area (Å²) in [6.45, 7) is 0. The Morgan fingerprint density at radius 3 is 1.04 bits per heavy atom. The van der Waals surface area contributed by atoms with Crippen LogP contribution in [0.25, 0.3) is 83.8 Å². The van der Waals surface area contributed by atoms with Crippen LogP contribution in [0.15, 0.2) is 367 Å². The van der Waals surface area contributed by atoms with Crippen LogP contribution in [-0.4, -0.2) is 28.5 Å². The van der Waals surface area contributed by atoms with Gasteiger partial charge in [0.05, 0.1) is 44.5 Å². The molecule has 0 bridgehead atoms. The maximum Gasteiger partial charge on any atom is 0.238 e. The zero-order valence-corrected chi connectivity index (χ0v) is 47.8. The van der Waals surface area contributed by atoms with Gasteiger partial charge in [0, 0.05) is 66.8 Å². The highest BCUT2D eigenvalue weighted by Crippen LogP contribution is 2.75. The first-order chi connectivity index (χ1) is 42.2. The molecule has 0 saturated heterocycles. The van der Waals surface area contributed by atoms with Gasteiger partial charge in [-0.3, -0.25) is 4.40 Å². The van der Waals surface area contributed by atoms with Crippen molar-refractivity contribution in [3.63, 3.8) is 0 Å². The molecule has 0 fully saturated rings. The molecule has 0 unspecified atom stereocenters. The molecule has 404 valence electrons. The standard InChI is InChI=1S/C77H54N6S2/c1-7-29-58(30-8-1)84(59-31-9-2-10-32-59,60-33-11-3-12-34-60)64-41-25-27-55(51-64)69-54-70(56-28-26-42-65(52-56)85(61-35-13-4-14-36-61,62-37-15-5-16-38-62)63-39-17-6-18-40-63)79-76(78-69)83-74-48-24-23-47-73(74)82-75-53-57(49-50-68(75)80-77(82)83)81-71-45-21-19-43-66(71)67-44-20-22-46-72(67)81/h1-54H. The van der Waals surface area contributed by atoms with Gasteiger partial charge in [0.25, 0.3) is 0 Å². The molecule has 6 nitrogen and oxygen atoms in total. The predicted molar refractivity (Wildman–Crippen MR) is 350 cm³/mol. The molecule has 16 rings (SSSR count). The summed E-state index contributed by atoms with van der Waals surface area (Å²) >= 11 is 0. The number of para-hydroxylation sites is 4. The number of aromatic nitrogens is 6. The lowest BCUT2D eigenvalue weighted by Crippen LogP contribution is -2.07. The van der Waals surface area contributed by atoms with Gasteiger partial charge in [-0.25, -0.2) is 19.5 Å². The number of rotatable bonds is 12. The quantitative estimate of drug-likeness (QED) is 0.122. The van der Waals surface area contributed by atoms with E-state index in [0.29, 0.717) is 5.95 Å². The van der Waals surface area contributed by atoms with E-state index in [-0.39, 0.29) is 0 Å². The molecule has 8 heteroatoms. The van der Waals surface area contributed by atoms with E-state index in [1.807, 2.05) is 0 Å². The number of hydrogen-bond acceptors (Lipinski definition) is 3. The average Bonchev–Trinajstić information content (AvgIpc) is 2.17. The van der Waals surface area contributed by atoms with Crippen molar-refractivity contribution in [3.05, 3.63) is 328 Å². The molecule has 0 amide bonds. The van der Waals surface area contributed by atoms with E-state index in [9.17, 15) is 0 Å². The molecule has 0 saturated carbocycles. The van der Waals surface area contributed by atoms with E-state index in [1.165, 1.54) is 49.9 Å². The summed E-state index contributed by atoms with van der Waals surface area (Å²) in [6.07, 6.45) is 0. The fraction of sp³-hybridized carbons (Fsp3) is 0. The van der Waals surface area contributed by atoms with Crippen molar-refractivity contribution in [3.8, 4) is 34.2 Å². The van der Waals surface area contributed by atoms with Crippen molar-refractivity contribution >= 4 is 69.7 Å². The number of fused-ring (bicyclic) bond motifs is 8. The minimum atomic E-state index is -2.04. The first-order valence-corrected chi connectivity index (χ1v) is 31.9. The highest BCUT2D eigenvalue weighted by molar-refractivity contribution is 8.34. The number of imidazole rings is 2. The van der Waals surface area contributed by atoms with Gasteiger partial charge >= 0.3 is 0 Å². The lowest BCUT2D eigenvalue weighted by atomic mass is 10.1. The molecule has 12 aromatic carbocycles. The van der Waals surface area contributed by atoms with Gasteiger partial charge in [0.1, 0.15) is 0 Å². The van der Waals surface area contributed by atoms with E-state index < -0.39 is 20.1 Å². The Morgan fingerprint density at radius 2 is 0.612 bits per heavy atom. The summed E-state index contributed by atoms with van der Waals surface area (Å²) in [5.74, 6) is 1.25. The first-order valence-electron chi connectivity index (χ1n) is 28.6. The van der Waals surface area contributed by atoms with E-state index in [4.69, 9.17) is 15.0 Å². The number of nitrogens with zero attached hydrogens (tertiary/aromatic N) is 6. The molecular formula is C77H54N6S2. The first kappa shape index (κ1) is 50.2. The highest BCUT2D eigenvalue weighted by atomic mass is 32.3. The molecule has 0 N–H and O–H groups in total. The molecular weight excluding hydrogens is 1070 g/mol. The molecule has 4 aromatic heterocycles. The maximum absolute atomic E-state index is 5.73. The van der Waals surface area contributed by atoms with Crippen LogP contribution >= 0.6 is 20.1 Å². The molecule has 0 aliphatic heterocycles. The summed E-state index contributed by atoms with van der Waals surface area (Å²) in [5.41, 5.74) is 10.7. The Bertz CT molecular complexity index is 4690. The molecule has 0 aliphatic carbocycles. The van der Waals surface area contributed by atoms with E-state index in [0.717, 1.165) is 67.1 Å². The van der Waals surface area contributed by atoms with Gasteiger partial charge in [0.15, 0.2) is 0 Å². The van der Waals surface area contributed by atoms with Crippen molar-refractivity contribution in [1.29, 1.82) is 0 Å². The summed E-state index contributed by atoms with van der Waals surface area (Å²) < 4.78 is 6.82. The van der Waals surface area contributed by atoms with Crippen LogP contribution in [0.3, 0.4) is 0 Å². The number of benzene rings is 12. The van der Waals surface area contributed by atoms with E-state index in [2.05, 4.69) is 341 Å². The molecule has 16 aromatic rings. The van der Waals surface area contributed by atoms with Crippen molar-refractivity contribution in [2.45, 2.75) is 39.2 Å². The summed E-state index contributed by atoms with van der Waals surface area (Å²) in [7, 11) is -4.07. The summed E-state index contributed by atoms with van der Waals surface area (Å²) in [6, 6.07) is 119. The Morgan fingerprint density at radius 1 is 0.247 bits per heavy atom. The monoisotopic (exact) mass is 1130 g/mol. The van der Waals surface area contributed by atoms with E-state index in [1.54, 1.807) is 0 Å². The highest BCUT2D eigenvalue weighted by Gasteiger charge is 2.35. The second kappa shape index (κ2) is 20.7. The third-order valence-electron chi connectivity index (χ3n) is 16.5. The topological polar surface area (TPSA) is 52.9 Å². The smallest absolute Gasteiger partial charge is 0.238 e. The summed E-state index contributed by atoms with van der Waals surface area (Å²) in [4.78, 5) is 26.9. The van der Waals surface area contributed by atoms with Crippen molar-refractivity contribution in [2.75, 3.05) is 0 Å². The Hall–Kier alpha value is -10.5. The molecule has 0 spiro atoms. The Balaban J connectivity index is 0.958. The van der Waals surface area contributed by atoms with Gasteiger partial charge in [0.2, 0.25) is 11.7 Å². The fourth-order valence-corrected chi connectivity index (χ4v) is 20.7. The van der Waals surface area contributed by atoms with Gasteiger partial charge < -0.3 is 4.57 Å². The molecule has 0 atom stereocenters. The SMILES string of the molecule is c1ccc(S(c2ccccc2)(c2ccccc2)c2cccc(-c3cc(-c4cccc(S(c5ccccc5)(c5ccccc5)c5ccccc5)c4)nc(-n4c5ccccc5n5c6cc(-n7c8ccccc8c8ccccc87)ccc6nc45)n3)c2)cc1. The van der Waals surface area contributed by atoms with Crippen LogP contribution in [0.1, 0.15) is 0 Å². The van der Waals surface area contributed by atoms with Gasteiger partial charge in [-0.2, -0.15) is 0 Å². The minimum absolute atomic E-state index is 0.521. The van der Waals surface area contributed by atoms with Crippen molar-refractivity contribution < 1.29 is 0 Å².